The minimum atomic E-state index is -0.0811. The molecule has 0 aliphatic heterocycles. The number of hydrogen-bond donors (Lipinski definition) is 1. The van der Waals surface area contributed by atoms with Gasteiger partial charge in [0.2, 0.25) is 0 Å². The second-order valence-corrected chi connectivity index (χ2v) is 4.90. The number of rotatable bonds is 4. The summed E-state index contributed by atoms with van der Waals surface area (Å²) in [6.45, 7) is 3.85. The molecule has 2 aromatic rings. The Labute approximate surface area is 113 Å². The van der Waals surface area contributed by atoms with Crippen molar-refractivity contribution in [3.8, 4) is 0 Å². The summed E-state index contributed by atoms with van der Waals surface area (Å²) in [4.78, 5) is 18.3. The van der Waals surface area contributed by atoms with Crippen LogP contribution in [0.25, 0.3) is 11.0 Å². The van der Waals surface area contributed by atoms with E-state index in [9.17, 15) is 4.79 Å². The molecule has 1 heterocycles. The van der Waals surface area contributed by atoms with E-state index in [0.717, 1.165) is 29.9 Å². The number of nitrogens with zero attached hydrogens (tertiary/aromatic N) is 3. The van der Waals surface area contributed by atoms with Gasteiger partial charge in [-0.05, 0) is 39.2 Å². The number of aromatic nitrogens is 2. The highest BCUT2D eigenvalue weighted by Gasteiger charge is 2.10. The number of carbonyl (C=O) groups is 1. The highest BCUT2D eigenvalue weighted by molar-refractivity contribution is 5.97. The highest BCUT2D eigenvalue weighted by Crippen LogP contribution is 2.17. The van der Waals surface area contributed by atoms with Gasteiger partial charge < -0.3 is 14.8 Å². The van der Waals surface area contributed by atoms with Crippen LogP contribution in [0, 0.1) is 6.92 Å². The standard InChI is InChI=1S/C14H20N4O/c1-10-16-12-9-11(14(19)15-2)5-6-13(12)18(10)8-7-17(3)4/h5-6,9H,7-8H2,1-4H3,(H,15,19). The van der Waals surface area contributed by atoms with Crippen LogP contribution in [0.1, 0.15) is 16.2 Å². The minimum Gasteiger partial charge on any atom is -0.355 e. The Morgan fingerprint density at radius 3 is 2.79 bits per heavy atom. The van der Waals surface area contributed by atoms with Crippen molar-refractivity contribution in [2.75, 3.05) is 27.7 Å². The quantitative estimate of drug-likeness (QED) is 0.900. The van der Waals surface area contributed by atoms with Crippen LogP contribution in [0.15, 0.2) is 18.2 Å². The molecule has 1 aromatic heterocycles. The maximum atomic E-state index is 11.6. The van der Waals surface area contributed by atoms with Gasteiger partial charge in [0, 0.05) is 25.7 Å². The fourth-order valence-corrected chi connectivity index (χ4v) is 2.12. The van der Waals surface area contributed by atoms with Crippen molar-refractivity contribution in [1.82, 2.24) is 19.8 Å². The predicted octanol–water partition coefficient (Wildman–Crippen LogP) is 1.27. The molecule has 1 aromatic carbocycles. The number of carbonyl (C=O) groups excluding carboxylic acids is 1. The molecular formula is C14H20N4O. The molecule has 1 N–H and O–H groups in total. The average Bonchev–Trinajstić information content (AvgIpc) is 2.69. The number of amides is 1. The Balaban J connectivity index is 2.39. The third kappa shape index (κ3) is 2.76. The lowest BCUT2D eigenvalue weighted by atomic mass is 10.2. The molecule has 0 bridgehead atoms. The van der Waals surface area contributed by atoms with Gasteiger partial charge in [-0.25, -0.2) is 4.98 Å². The Kier molecular flexibility index (Phi) is 3.85. The Hall–Kier alpha value is -1.88. The fraction of sp³-hybridized carbons (Fsp3) is 0.429. The van der Waals surface area contributed by atoms with Gasteiger partial charge in [-0.2, -0.15) is 0 Å². The van der Waals surface area contributed by atoms with Crippen molar-refractivity contribution in [2.45, 2.75) is 13.5 Å². The molecule has 5 heteroatoms. The smallest absolute Gasteiger partial charge is 0.251 e. The first kappa shape index (κ1) is 13.5. The van der Waals surface area contributed by atoms with Crippen molar-refractivity contribution in [3.05, 3.63) is 29.6 Å². The van der Waals surface area contributed by atoms with Crippen LogP contribution >= 0.6 is 0 Å². The lowest BCUT2D eigenvalue weighted by Gasteiger charge is -2.12. The Morgan fingerprint density at radius 1 is 1.42 bits per heavy atom. The van der Waals surface area contributed by atoms with Crippen molar-refractivity contribution < 1.29 is 4.79 Å². The van der Waals surface area contributed by atoms with Gasteiger partial charge >= 0.3 is 0 Å². The van der Waals surface area contributed by atoms with E-state index >= 15 is 0 Å². The summed E-state index contributed by atoms with van der Waals surface area (Å²) >= 11 is 0. The van der Waals surface area contributed by atoms with Crippen molar-refractivity contribution in [3.63, 3.8) is 0 Å². The van der Waals surface area contributed by atoms with Gasteiger partial charge in [0.25, 0.3) is 5.91 Å². The second kappa shape index (κ2) is 5.40. The molecule has 2 rings (SSSR count). The molecule has 0 unspecified atom stereocenters. The molecule has 5 nitrogen and oxygen atoms in total. The van der Waals surface area contributed by atoms with Gasteiger partial charge in [0.05, 0.1) is 11.0 Å². The summed E-state index contributed by atoms with van der Waals surface area (Å²) in [5, 5.41) is 2.63. The summed E-state index contributed by atoms with van der Waals surface area (Å²) < 4.78 is 2.18. The number of fused-ring (bicyclic) bond motifs is 1. The van der Waals surface area contributed by atoms with E-state index < -0.39 is 0 Å². The number of hydrogen-bond acceptors (Lipinski definition) is 3. The third-order valence-electron chi connectivity index (χ3n) is 3.20. The molecule has 0 saturated carbocycles. The van der Waals surface area contributed by atoms with Gasteiger partial charge in [0.1, 0.15) is 5.82 Å². The summed E-state index contributed by atoms with van der Waals surface area (Å²) in [7, 11) is 5.74. The van der Waals surface area contributed by atoms with Crippen LogP contribution in [0.5, 0.6) is 0 Å². The average molecular weight is 260 g/mol. The van der Waals surface area contributed by atoms with Gasteiger partial charge in [-0.3, -0.25) is 4.79 Å². The van der Waals surface area contributed by atoms with Gasteiger partial charge in [-0.15, -0.1) is 0 Å². The summed E-state index contributed by atoms with van der Waals surface area (Å²) in [6, 6.07) is 5.65. The first-order valence-electron chi connectivity index (χ1n) is 6.36. The third-order valence-corrected chi connectivity index (χ3v) is 3.20. The van der Waals surface area contributed by atoms with Crippen molar-refractivity contribution in [1.29, 1.82) is 0 Å². The lowest BCUT2D eigenvalue weighted by molar-refractivity contribution is 0.0963. The zero-order valence-corrected chi connectivity index (χ0v) is 11.9. The lowest BCUT2D eigenvalue weighted by Crippen LogP contribution is -2.19. The largest absolute Gasteiger partial charge is 0.355 e. The van der Waals surface area contributed by atoms with E-state index in [1.165, 1.54) is 0 Å². The van der Waals surface area contributed by atoms with E-state index in [2.05, 4.69) is 33.9 Å². The molecule has 0 saturated heterocycles. The molecule has 1 amide bonds. The zero-order valence-electron chi connectivity index (χ0n) is 11.9. The zero-order chi connectivity index (χ0) is 14.0. The van der Waals surface area contributed by atoms with E-state index in [1.807, 2.05) is 25.1 Å². The number of benzene rings is 1. The van der Waals surface area contributed by atoms with Gasteiger partial charge in [0.15, 0.2) is 0 Å². The van der Waals surface area contributed by atoms with E-state index in [1.54, 1.807) is 7.05 Å². The molecular weight excluding hydrogens is 240 g/mol. The second-order valence-electron chi connectivity index (χ2n) is 4.90. The van der Waals surface area contributed by atoms with Crippen LogP contribution in [-0.4, -0.2) is 48.0 Å². The van der Waals surface area contributed by atoms with E-state index in [4.69, 9.17) is 0 Å². The van der Waals surface area contributed by atoms with Crippen LogP contribution < -0.4 is 5.32 Å². The molecule has 102 valence electrons. The molecule has 0 spiro atoms. The van der Waals surface area contributed by atoms with Gasteiger partial charge in [-0.1, -0.05) is 0 Å². The van der Waals surface area contributed by atoms with Crippen LogP contribution in [0.3, 0.4) is 0 Å². The maximum Gasteiger partial charge on any atom is 0.251 e. The summed E-state index contributed by atoms with van der Waals surface area (Å²) in [5.41, 5.74) is 2.59. The molecule has 0 radical (unpaired) electrons. The van der Waals surface area contributed by atoms with Crippen molar-refractivity contribution in [2.24, 2.45) is 0 Å². The number of nitrogens with one attached hydrogen (secondary N) is 1. The maximum absolute atomic E-state index is 11.6. The topological polar surface area (TPSA) is 50.2 Å². The normalized spacial score (nSPS) is 11.2. The SMILES string of the molecule is CNC(=O)c1ccc2c(c1)nc(C)n2CCN(C)C. The van der Waals surface area contributed by atoms with Crippen LogP contribution in [-0.2, 0) is 6.54 Å². The minimum absolute atomic E-state index is 0.0811. The van der Waals surface area contributed by atoms with Crippen LogP contribution in [0.2, 0.25) is 0 Å². The molecule has 0 aliphatic carbocycles. The number of imidazole rings is 1. The summed E-state index contributed by atoms with van der Waals surface area (Å²) in [6.07, 6.45) is 0. The Morgan fingerprint density at radius 2 is 2.16 bits per heavy atom. The molecule has 0 atom stereocenters. The van der Waals surface area contributed by atoms with Crippen LogP contribution in [0.4, 0.5) is 0 Å². The highest BCUT2D eigenvalue weighted by atomic mass is 16.1. The van der Waals surface area contributed by atoms with E-state index in [0.29, 0.717) is 5.56 Å². The van der Waals surface area contributed by atoms with E-state index in [-0.39, 0.29) is 5.91 Å². The summed E-state index contributed by atoms with van der Waals surface area (Å²) in [5.74, 6) is 0.897. The predicted molar refractivity (Wildman–Crippen MR) is 76.4 cm³/mol. The Bertz CT molecular complexity index is 601. The molecule has 0 aliphatic rings. The molecule has 0 fully saturated rings. The number of aryl methyl sites for hydroxylation is 1. The first-order valence-corrected chi connectivity index (χ1v) is 6.36. The fourth-order valence-electron chi connectivity index (χ4n) is 2.12. The van der Waals surface area contributed by atoms with Crippen molar-refractivity contribution >= 4 is 16.9 Å². The monoisotopic (exact) mass is 260 g/mol. The number of likely N-dealkylation sites (N-methyl/N-ethyl adjacent to an activating group) is 1. The molecule has 19 heavy (non-hydrogen) atoms. The first-order chi connectivity index (χ1) is 9.02.